The molecule has 0 aromatic heterocycles. The van der Waals surface area contributed by atoms with Gasteiger partial charge in [-0.15, -0.1) is 0 Å². The van der Waals surface area contributed by atoms with Crippen LogP contribution < -0.4 is 0 Å². The molecule has 0 unspecified atom stereocenters. The van der Waals surface area contributed by atoms with Crippen LogP contribution in [0.25, 0.3) is 0 Å². The van der Waals surface area contributed by atoms with Crippen LogP contribution in [-0.4, -0.2) is 41.8 Å². The number of carbonyl (C=O) groups excluding carboxylic acids is 2. The van der Waals surface area contributed by atoms with Crippen LogP contribution >= 0.6 is 0 Å². The first-order valence-electron chi connectivity index (χ1n) is 9.48. The van der Waals surface area contributed by atoms with Gasteiger partial charge in [0, 0.05) is 18.6 Å². The molecule has 5 nitrogen and oxygen atoms in total. The zero-order valence-corrected chi connectivity index (χ0v) is 14.9. The molecule has 4 fully saturated rings. The van der Waals surface area contributed by atoms with Crippen molar-refractivity contribution in [1.29, 1.82) is 0 Å². The van der Waals surface area contributed by atoms with Gasteiger partial charge in [-0.25, -0.2) is 0 Å². The van der Waals surface area contributed by atoms with Gasteiger partial charge in [0.25, 0.3) is 0 Å². The number of aliphatic hydroxyl groups excluding tert-OH is 2. The van der Waals surface area contributed by atoms with E-state index in [0.29, 0.717) is 12.0 Å². The Labute approximate surface area is 148 Å². The fourth-order valence-electron chi connectivity index (χ4n) is 6.84. The number of esters is 1. The van der Waals surface area contributed by atoms with E-state index >= 15 is 0 Å². The number of fused-ring (bicyclic) bond motifs is 2. The maximum Gasteiger partial charge on any atom is 0.320 e. The number of allylic oxidation sites excluding steroid dienone is 1. The molecule has 6 atom stereocenters. The Hall–Kier alpha value is -1.20. The highest BCUT2D eigenvalue weighted by molar-refractivity contribution is 6.15. The van der Waals surface area contributed by atoms with Crippen molar-refractivity contribution in [2.45, 2.75) is 45.4 Å². The Kier molecular flexibility index (Phi) is 3.72. The lowest BCUT2D eigenvalue weighted by Gasteiger charge is -2.61. The van der Waals surface area contributed by atoms with Gasteiger partial charge in [-0.05, 0) is 60.8 Å². The quantitative estimate of drug-likeness (QED) is 0.452. The summed E-state index contributed by atoms with van der Waals surface area (Å²) in [6.45, 7) is 6.18. The van der Waals surface area contributed by atoms with Crippen LogP contribution in [0, 0.1) is 34.0 Å². The Bertz CT molecular complexity index is 642. The molecule has 0 aromatic rings. The molecule has 25 heavy (non-hydrogen) atoms. The zero-order valence-electron chi connectivity index (χ0n) is 14.9. The predicted octanol–water partition coefficient (Wildman–Crippen LogP) is 1.86. The van der Waals surface area contributed by atoms with E-state index in [1.165, 1.54) is 0 Å². The molecule has 2 bridgehead atoms. The van der Waals surface area contributed by atoms with Crippen LogP contribution in [0.4, 0.5) is 0 Å². The highest BCUT2D eigenvalue weighted by Crippen LogP contribution is 2.67. The fourth-order valence-corrected chi connectivity index (χ4v) is 6.84. The molecule has 138 valence electrons. The third kappa shape index (κ3) is 1.91. The van der Waals surface area contributed by atoms with Gasteiger partial charge >= 0.3 is 5.97 Å². The number of ether oxygens (including phenoxy) is 1. The van der Waals surface area contributed by atoms with Gasteiger partial charge in [0.2, 0.25) is 0 Å². The first-order chi connectivity index (χ1) is 11.9. The lowest BCUT2D eigenvalue weighted by Crippen LogP contribution is -2.64. The molecule has 4 rings (SSSR count). The number of hydrogen-bond acceptors (Lipinski definition) is 5. The molecule has 4 aliphatic rings. The number of ketones is 1. The van der Waals surface area contributed by atoms with Crippen molar-refractivity contribution in [2.24, 2.45) is 34.0 Å². The Morgan fingerprint density at radius 2 is 2.00 bits per heavy atom. The Morgan fingerprint density at radius 1 is 1.24 bits per heavy atom. The van der Waals surface area contributed by atoms with Crippen molar-refractivity contribution in [2.75, 3.05) is 19.8 Å². The summed E-state index contributed by atoms with van der Waals surface area (Å²) in [5.41, 5.74) is -1.35. The van der Waals surface area contributed by atoms with Gasteiger partial charge in [-0.3, -0.25) is 9.59 Å². The van der Waals surface area contributed by atoms with E-state index in [0.717, 1.165) is 32.1 Å². The molecule has 5 heteroatoms. The van der Waals surface area contributed by atoms with E-state index in [1.54, 1.807) is 0 Å². The second kappa shape index (κ2) is 5.40. The zero-order chi connectivity index (χ0) is 18.0. The van der Waals surface area contributed by atoms with Crippen LogP contribution in [0.1, 0.15) is 45.4 Å². The van der Waals surface area contributed by atoms with Crippen LogP contribution in [-0.2, 0) is 14.3 Å². The molecule has 0 aromatic carbocycles. The molecule has 3 saturated carbocycles. The predicted molar refractivity (Wildman–Crippen MR) is 90.4 cm³/mol. The SMILES string of the molecule is C=C1C(=O)[C@]23C[C@H]1CC[C@H]2[C@@]1(CCC[C@@](C)(CO)[C@H]1CO)COC3=O. The largest absolute Gasteiger partial charge is 0.464 e. The van der Waals surface area contributed by atoms with Crippen LogP contribution in [0.2, 0.25) is 0 Å². The number of hydrogen-bond donors (Lipinski definition) is 2. The van der Waals surface area contributed by atoms with Crippen molar-refractivity contribution in [3.05, 3.63) is 12.2 Å². The normalized spacial score (nSPS) is 49.2. The molecule has 1 saturated heterocycles. The molecular weight excluding hydrogens is 320 g/mol. The maximum atomic E-state index is 13.1. The van der Waals surface area contributed by atoms with Crippen LogP contribution in [0.15, 0.2) is 12.2 Å². The monoisotopic (exact) mass is 348 g/mol. The van der Waals surface area contributed by atoms with Gasteiger partial charge < -0.3 is 14.9 Å². The van der Waals surface area contributed by atoms with Gasteiger partial charge in [0.1, 0.15) is 5.41 Å². The Balaban J connectivity index is 1.85. The summed E-state index contributed by atoms with van der Waals surface area (Å²) in [5.74, 6) is -0.715. The minimum atomic E-state index is -1.10. The summed E-state index contributed by atoms with van der Waals surface area (Å²) < 4.78 is 5.66. The smallest absolute Gasteiger partial charge is 0.320 e. The van der Waals surface area contributed by atoms with Crippen molar-refractivity contribution < 1.29 is 24.5 Å². The maximum absolute atomic E-state index is 13.1. The highest BCUT2D eigenvalue weighted by Gasteiger charge is 2.71. The minimum absolute atomic E-state index is 0.00305. The van der Waals surface area contributed by atoms with E-state index in [1.807, 2.05) is 6.92 Å². The van der Waals surface area contributed by atoms with E-state index in [2.05, 4.69) is 6.58 Å². The molecule has 0 amide bonds. The van der Waals surface area contributed by atoms with Crippen molar-refractivity contribution in [3.8, 4) is 0 Å². The van der Waals surface area contributed by atoms with Gasteiger partial charge in [-0.2, -0.15) is 0 Å². The number of aliphatic hydroxyl groups is 2. The lowest BCUT2D eigenvalue weighted by atomic mass is 9.44. The average molecular weight is 348 g/mol. The lowest BCUT2D eigenvalue weighted by molar-refractivity contribution is -0.220. The third-order valence-electron chi connectivity index (χ3n) is 8.16. The Morgan fingerprint density at radius 3 is 2.68 bits per heavy atom. The molecule has 3 aliphatic carbocycles. The molecule has 1 heterocycles. The third-order valence-corrected chi connectivity index (χ3v) is 8.16. The van der Waals surface area contributed by atoms with Crippen molar-refractivity contribution in [1.82, 2.24) is 0 Å². The number of cyclic esters (lactones) is 1. The molecular formula is C20H28O5. The molecule has 2 spiro atoms. The summed E-state index contributed by atoms with van der Waals surface area (Å²) in [7, 11) is 0. The van der Waals surface area contributed by atoms with Crippen molar-refractivity contribution >= 4 is 11.8 Å². The summed E-state index contributed by atoms with van der Waals surface area (Å²) in [6, 6.07) is 0. The number of rotatable bonds is 2. The number of Topliss-reactive ketones (excluding diaryl/α,β-unsaturated/α-hetero) is 1. The fraction of sp³-hybridized carbons (Fsp3) is 0.800. The first-order valence-corrected chi connectivity index (χ1v) is 9.48. The number of carbonyl (C=O) groups is 2. The average Bonchev–Trinajstić information content (AvgIpc) is 2.80. The van der Waals surface area contributed by atoms with Gasteiger partial charge in [-0.1, -0.05) is 19.9 Å². The summed E-state index contributed by atoms with van der Waals surface area (Å²) in [6.07, 6.45) is 4.77. The first kappa shape index (κ1) is 17.2. The van der Waals surface area contributed by atoms with Gasteiger partial charge in [0.15, 0.2) is 5.78 Å². The minimum Gasteiger partial charge on any atom is -0.464 e. The summed E-state index contributed by atoms with van der Waals surface area (Å²) in [4.78, 5) is 25.9. The second-order valence-electron chi connectivity index (χ2n) is 9.07. The van der Waals surface area contributed by atoms with E-state index in [4.69, 9.17) is 4.74 Å². The molecule has 1 aliphatic heterocycles. The second-order valence-corrected chi connectivity index (χ2v) is 9.07. The summed E-state index contributed by atoms with van der Waals surface area (Å²) >= 11 is 0. The van der Waals surface area contributed by atoms with Crippen LogP contribution in [0.3, 0.4) is 0 Å². The van der Waals surface area contributed by atoms with E-state index in [9.17, 15) is 19.8 Å². The topological polar surface area (TPSA) is 83.8 Å². The van der Waals surface area contributed by atoms with E-state index in [-0.39, 0.29) is 49.3 Å². The molecule has 2 N–H and O–H groups in total. The molecule has 0 radical (unpaired) electrons. The standard InChI is InChI=1S/C20H28O5/c1-12-13-4-5-14-19(7-3-6-18(2,10-22)15(19)9-21)11-25-17(24)20(14,8-13)16(12)23/h13-15,21-22H,1,3-11H2,2H3/t13-,14+,15-,18+,19-,20+/m1/s1. The van der Waals surface area contributed by atoms with Gasteiger partial charge in [0.05, 0.1) is 6.61 Å². The highest BCUT2D eigenvalue weighted by atomic mass is 16.5. The van der Waals surface area contributed by atoms with Crippen molar-refractivity contribution in [3.63, 3.8) is 0 Å². The van der Waals surface area contributed by atoms with E-state index < -0.39 is 16.2 Å². The summed E-state index contributed by atoms with van der Waals surface area (Å²) in [5, 5.41) is 20.3. The van der Waals surface area contributed by atoms with Crippen LogP contribution in [0.5, 0.6) is 0 Å².